The van der Waals surface area contributed by atoms with E-state index < -0.39 is 0 Å². The molecule has 3 aliphatic carbocycles. The van der Waals surface area contributed by atoms with Crippen LogP contribution in [0.3, 0.4) is 0 Å². The van der Waals surface area contributed by atoms with E-state index in [-0.39, 0.29) is 0 Å². The second kappa shape index (κ2) is 3.78. The highest BCUT2D eigenvalue weighted by atomic mass is 127. The molecule has 1 saturated carbocycles. The summed E-state index contributed by atoms with van der Waals surface area (Å²) >= 11 is 7.80. The van der Waals surface area contributed by atoms with Crippen molar-refractivity contribution in [3.8, 4) is 11.3 Å². The second-order valence-electron chi connectivity index (χ2n) is 4.78. The van der Waals surface area contributed by atoms with Crippen molar-refractivity contribution in [3.63, 3.8) is 0 Å². The third-order valence-electron chi connectivity index (χ3n) is 3.85. The maximum Gasteiger partial charge on any atom is 0.154 e. The van der Waals surface area contributed by atoms with E-state index in [0.29, 0.717) is 0 Å². The summed E-state index contributed by atoms with van der Waals surface area (Å²) in [5.41, 5.74) is 4.11. The standard InChI is InChI=1S/C13H9BrINS/c14-8-1-2-9-6-3-7(4-6)12-11(10(9)5-8)16-13(15)17-12/h1-2,5-7H,3-4H2. The minimum atomic E-state index is 0.766. The Balaban J connectivity index is 2.05. The van der Waals surface area contributed by atoms with Crippen molar-refractivity contribution in [2.45, 2.75) is 24.7 Å². The zero-order valence-corrected chi connectivity index (χ0v) is 13.5. The normalized spacial score (nSPS) is 24.6. The lowest BCUT2D eigenvalue weighted by molar-refractivity contribution is 0.361. The summed E-state index contributed by atoms with van der Waals surface area (Å²) in [5.74, 6) is 1.53. The first-order valence-electron chi connectivity index (χ1n) is 5.68. The first-order valence-corrected chi connectivity index (χ1v) is 8.37. The summed E-state index contributed by atoms with van der Waals surface area (Å²) in [5, 5.41) is 0. The average Bonchev–Trinajstić information content (AvgIpc) is 2.51. The quantitative estimate of drug-likeness (QED) is 0.540. The van der Waals surface area contributed by atoms with Crippen molar-refractivity contribution in [1.82, 2.24) is 4.98 Å². The van der Waals surface area contributed by atoms with Gasteiger partial charge in [0.15, 0.2) is 3.01 Å². The van der Waals surface area contributed by atoms with Gasteiger partial charge in [-0.3, -0.25) is 0 Å². The molecule has 1 heterocycles. The molecule has 0 radical (unpaired) electrons. The van der Waals surface area contributed by atoms with E-state index >= 15 is 0 Å². The highest BCUT2D eigenvalue weighted by molar-refractivity contribution is 14.1. The van der Waals surface area contributed by atoms with Crippen LogP contribution in [0.5, 0.6) is 0 Å². The third-order valence-corrected chi connectivity index (χ3v) is 6.25. The van der Waals surface area contributed by atoms with Crippen molar-refractivity contribution in [2.24, 2.45) is 0 Å². The smallest absolute Gasteiger partial charge is 0.154 e. The lowest BCUT2D eigenvalue weighted by Crippen LogP contribution is -2.17. The van der Waals surface area contributed by atoms with Gasteiger partial charge in [-0.1, -0.05) is 22.0 Å². The van der Waals surface area contributed by atoms with Gasteiger partial charge in [0.05, 0.1) is 5.69 Å². The minimum Gasteiger partial charge on any atom is -0.230 e. The van der Waals surface area contributed by atoms with Crippen LogP contribution in [0, 0.1) is 3.01 Å². The van der Waals surface area contributed by atoms with Gasteiger partial charge in [-0.15, -0.1) is 11.3 Å². The summed E-state index contributed by atoms with van der Waals surface area (Å²) in [6.07, 6.45) is 2.64. The zero-order chi connectivity index (χ0) is 11.6. The molecule has 0 aliphatic heterocycles. The van der Waals surface area contributed by atoms with Gasteiger partial charge in [0, 0.05) is 14.9 Å². The van der Waals surface area contributed by atoms with Crippen LogP contribution >= 0.6 is 49.9 Å². The maximum absolute atomic E-state index is 4.76. The fourth-order valence-electron chi connectivity index (χ4n) is 2.95. The molecule has 5 rings (SSSR count). The molecule has 1 aromatic carbocycles. The summed E-state index contributed by atoms with van der Waals surface area (Å²) in [6.45, 7) is 0. The second-order valence-corrected chi connectivity index (χ2v) is 8.48. The molecule has 1 aromatic heterocycles. The number of hydrogen-bond donors (Lipinski definition) is 0. The van der Waals surface area contributed by atoms with Gasteiger partial charge < -0.3 is 0 Å². The Morgan fingerprint density at radius 1 is 1.29 bits per heavy atom. The fraction of sp³-hybridized carbons (Fsp3) is 0.308. The van der Waals surface area contributed by atoms with E-state index in [1.165, 1.54) is 37.6 Å². The van der Waals surface area contributed by atoms with E-state index in [1.807, 2.05) is 11.3 Å². The van der Waals surface area contributed by atoms with Crippen molar-refractivity contribution in [1.29, 1.82) is 0 Å². The van der Waals surface area contributed by atoms with Gasteiger partial charge in [0.25, 0.3) is 0 Å². The molecule has 0 spiro atoms. The lowest BCUT2D eigenvalue weighted by atomic mass is 9.72. The van der Waals surface area contributed by atoms with Crippen LogP contribution in [0.2, 0.25) is 0 Å². The summed E-state index contributed by atoms with van der Waals surface area (Å²) in [4.78, 5) is 6.27. The Morgan fingerprint density at radius 3 is 2.94 bits per heavy atom. The van der Waals surface area contributed by atoms with Crippen LogP contribution in [0.1, 0.15) is 35.1 Å². The minimum absolute atomic E-state index is 0.766. The summed E-state index contributed by atoms with van der Waals surface area (Å²) in [6, 6.07) is 6.68. The van der Waals surface area contributed by atoms with Gasteiger partial charge in [-0.25, -0.2) is 4.98 Å². The van der Waals surface area contributed by atoms with Gasteiger partial charge in [0.1, 0.15) is 0 Å². The Bertz CT molecular complexity index is 616. The molecule has 0 saturated heterocycles. The molecule has 1 nitrogen and oxygen atoms in total. The molecule has 2 aromatic rings. The average molecular weight is 418 g/mol. The molecule has 0 unspecified atom stereocenters. The van der Waals surface area contributed by atoms with E-state index in [0.717, 1.165) is 16.3 Å². The Labute approximate surface area is 126 Å². The van der Waals surface area contributed by atoms with Crippen molar-refractivity contribution < 1.29 is 0 Å². The van der Waals surface area contributed by atoms with Crippen LogP contribution in [0.4, 0.5) is 0 Å². The first kappa shape index (κ1) is 10.9. The van der Waals surface area contributed by atoms with Gasteiger partial charge >= 0.3 is 0 Å². The monoisotopic (exact) mass is 417 g/mol. The van der Waals surface area contributed by atoms with E-state index in [9.17, 15) is 0 Å². The number of benzene rings is 1. The van der Waals surface area contributed by atoms with E-state index in [1.54, 1.807) is 0 Å². The topological polar surface area (TPSA) is 12.9 Å². The lowest BCUT2D eigenvalue weighted by Gasteiger charge is -2.33. The third kappa shape index (κ3) is 1.56. The molecule has 0 amide bonds. The van der Waals surface area contributed by atoms with Crippen LogP contribution in [0.25, 0.3) is 11.3 Å². The summed E-state index contributed by atoms with van der Waals surface area (Å²) < 4.78 is 2.33. The number of aromatic nitrogens is 1. The molecular weight excluding hydrogens is 409 g/mol. The molecular formula is C13H9BrINS. The molecule has 4 heteroatoms. The number of nitrogens with zero attached hydrogens (tertiary/aromatic N) is 1. The molecule has 1 fully saturated rings. The SMILES string of the molecule is Brc1ccc2c(c1)-c1nc(I)sc1C1CC2C1. The number of halogens is 2. The van der Waals surface area contributed by atoms with Gasteiger partial charge in [-0.05, 0) is 65.0 Å². The van der Waals surface area contributed by atoms with Gasteiger partial charge in [-0.2, -0.15) is 0 Å². The van der Waals surface area contributed by atoms with Crippen LogP contribution < -0.4 is 0 Å². The van der Waals surface area contributed by atoms with Crippen LogP contribution in [-0.4, -0.2) is 4.98 Å². The fourth-order valence-corrected chi connectivity index (χ4v) is 5.19. The molecule has 0 N–H and O–H groups in total. The number of hydrogen-bond acceptors (Lipinski definition) is 2. The largest absolute Gasteiger partial charge is 0.230 e. The highest BCUT2D eigenvalue weighted by Gasteiger charge is 2.39. The van der Waals surface area contributed by atoms with E-state index in [4.69, 9.17) is 4.98 Å². The first-order chi connectivity index (χ1) is 8.22. The van der Waals surface area contributed by atoms with Crippen LogP contribution in [0.15, 0.2) is 22.7 Å². The number of thiazole rings is 1. The Kier molecular flexibility index (Phi) is 2.43. The Hall–Kier alpha value is 0.0600. The predicted octanol–water partition coefficient (Wildman–Crippen LogP) is 5.15. The van der Waals surface area contributed by atoms with Crippen molar-refractivity contribution >= 4 is 49.9 Å². The molecule has 86 valence electrons. The zero-order valence-electron chi connectivity index (χ0n) is 8.91. The number of rotatable bonds is 0. The van der Waals surface area contributed by atoms with Crippen molar-refractivity contribution in [3.05, 3.63) is 36.1 Å². The molecule has 2 bridgehead atoms. The molecule has 3 aliphatic rings. The van der Waals surface area contributed by atoms with Crippen molar-refractivity contribution in [2.75, 3.05) is 0 Å². The van der Waals surface area contributed by atoms with E-state index in [2.05, 4.69) is 56.7 Å². The maximum atomic E-state index is 4.76. The van der Waals surface area contributed by atoms with Crippen LogP contribution in [-0.2, 0) is 0 Å². The Morgan fingerprint density at radius 2 is 2.12 bits per heavy atom. The highest BCUT2D eigenvalue weighted by Crippen LogP contribution is 2.57. The molecule has 0 atom stereocenters. The summed E-state index contributed by atoms with van der Waals surface area (Å²) in [7, 11) is 0. The predicted molar refractivity (Wildman–Crippen MR) is 82.7 cm³/mol. The van der Waals surface area contributed by atoms with Gasteiger partial charge in [0.2, 0.25) is 0 Å². The molecule has 17 heavy (non-hydrogen) atoms.